The average molecular weight is 1230 g/mol. The van der Waals surface area contributed by atoms with E-state index in [1.165, 1.54) is 13.8 Å². The van der Waals surface area contributed by atoms with Gasteiger partial charge in [0.15, 0.2) is 0 Å². The molecule has 0 aliphatic heterocycles. The average Bonchev–Trinajstić information content (AvgIpc) is 1.77. The largest absolute Gasteiger partial charge is 0.449 e. The van der Waals surface area contributed by atoms with E-state index in [9.17, 15) is 33.9 Å². The molecule has 1 aliphatic rings. The number of benzene rings is 3. The Labute approximate surface area is 510 Å². The van der Waals surface area contributed by atoms with Crippen molar-refractivity contribution in [3.63, 3.8) is 0 Å². The first kappa shape index (κ1) is 73.2. The highest BCUT2D eigenvalue weighted by Gasteiger charge is 2.30. The summed E-state index contributed by atoms with van der Waals surface area (Å²) >= 11 is 0. The number of amides is 6. The number of alkyl carbamates (subject to hydrolysis) is 1. The van der Waals surface area contributed by atoms with Crippen molar-refractivity contribution in [1.29, 1.82) is 0 Å². The summed E-state index contributed by atoms with van der Waals surface area (Å²) in [5.74, 6) is -2.80. The zero-order valence-electron chi connectivity index (χ0n) is 50.7. The van der Waals surface area contributed by atoms with Crippen molar-refractivity contribution in [3.05, 3.63) is 89.5 Å². The van der Waals surface area contributed by atoms with Crippen LogP contribution in [0.1, 0.15) is 55.7 Å². The Kier molecular flexibility index (Phi) is 39.4. The number of rotatable bonds is 52. The number of hydrogen-bond acceptors (Lipinski definition) is 20. The standard InChI is InChI=1S/C61H92N6O20/c1-46(58(71)64-47(2)59(72)66-49-17-15-48(42-68)16-18-49)65-60(73)55(67-57(70)45-86-40-38-76-21-20-63-61(74)87-43-54-52-12-6-4-10-50(52)51-11-5-7-13-53(51)54)14-8-9-19-62-56(69)44-85-41-39-84-37-36-83-35-34-82-33-32-81-31-30-80-29-28-79-27-26-78-25-24-77-23-22-75-3/h4-7,10-13,15-18,46-47,54-55,68H,8-9,14,19-45H2,1-3H3,(H,62,69)(H,63,74)(H,64,71)(H,65,73)(H,66,72)(H,67,70)/t46-,47-,55-/m0/s1. The third-order valence-electron chi connectivity index (χ3n) is 12.9. The molecule has 6 amide bonds. The molecule has 0 radical (unpaired) electrons. The fourth-order valence-corrected chi connectivity index (χ4v) is 8.31. The number of methoxy groups -OCH3 is 1. The number of carbonyl (C=O) groups is 6. The van der Waals surface area contributed by atoms with Crippen LogP contribution in [0.2, 0.25) is 0 Å². The molecule has 3 atom stereocenters. The fraction of sp³-hybridized carbons (Fsp3) is 0.607. The number of carbonyl (C=O) groups excluding carboxylic acids is 6. The van der Waals surface area contributed by atoms with Gasteiger partial charge in [0.05, 0.1) is 145 Å². The van der Waals surface area contributed by atoms with Gasteiger partial charge >= 0.3 is 6.09 Å². The van der Waals surface area contributed by atoms with Crippen molar-refractivity contribution in [1.82, 2.24) is 26.6 Å². The van der Waals surface area contributed by atoms with Crippen LogP contribution in [0, 0.1) is 0 Å². The van der Waals surface area contributed by atoms with E-state index in [1.54, 1.807) is 31.4 Å². The monoisotopic (exact) mass is 1230 g/mol. The van der Waals surface area contributed by atoms with Gasteiger partial charge < -0.3 is 98.6 Å². The summed E-state index contributed by atoms with van der Waals surface area (Å²) in [6, 6.07) is 19.5. The molecule has 3 aromatic carbocycles. The molecule has 0 saturated heterocycles. The molecule has 26 nitrogen and oxygen atoms in total. The van der Waals surface area contributed by atoms with E-state index >= 15 is 0 Å². The maximum atomic E-state index is 13.6. The van der Waals surface area contributed by atoms with Gasteiger partial charge in [0.2, 0.25) is 29.5 Å². The van der Waals surface area contributed by atoms with Crippen molar-refractivity contribution < 1.29 is 95.5 Å². The SMILES string of the molecule is COCCOCCOCCOCCOCCOCCOCCOCCOCCOCC(=O)NCCCC[C@H](NC(=O)COCCOCCNC(=O)OCC1c2ccccc2-c2ccccc21)C(=O)N[C@@H](C)C(=O)N[C@@H](C)C(=O)Nc1ccc(CO)cc1. The van der Waals surface area contributed by atoms with Crippen LogP contribution in [0.4, 0.5) is 10.5 Å². The summed E-state index contributed by atoms with van der Waals surface area (Å²) in [6.07, 6.45) is 0.419. The van der Waals surface area contributed by atoms with Crippen molar-refractivity contribution >= 4 is 41.3 Å². The summed E-state index contributed by atoms with van der Waals surface area (Å²) in [5, 5.41) is 25.3. The Morgan fingerprint density at radius 1 is 0.460 bits per heavy atom. The Bertz CT molecular complexity index is 2340. The van der Waals surface area contributed by atoms with Crippen LogP contribution in [-0.2, 0) is 92.2 Å². The first-order valence-corrected chi connectivity index (χ1v) is 29.6. The topological polar surface area (TPSA) is 315 Å². The quantitative estimate of drug-likeness (QED) is 0.0399. The molecule has 486 valence electrons. The van der Waals surface area contributed by atoms with E-state index in [0.29, 0.717) is 130 Å². The van der Waals surface area contributed by atoms with Gasteiger partial charge in [0.1, 0.15) is 37.9 Å². The van der Waals surface area contributed by atoms with Gasteiger partial charge in [-0.05, 0) is 73.1 Å². The highest BCUT2D eigenvalue weighted by atomic mass is 16.6. The van der Waals surface area contributed by atoms with Gasteiger partial charge in [-0.1, -0.05) is 60.7 Å². The van der Waals surface area contributed by atoms with Crippen LogP contribution in [0.25, 0.3) is 11.1 Å². The summed E-state index contributed by atoms with van der Waals surface area (Å²) < 4.78 is 70.6. The number of nitrogens with one attached hydrogen (secondary N) is 6. The maximum Gasteiger partial charge on any atom is 0.407 e. The van der Waals surface area contributed by atoms with Crippen molar-refractivity contribution in [2.24, 2.45) is 0 Å². The number of unbranched alkanes of at least 4 members (excludes halogenated alkanes) is 1. The molecule has 26 heteroatoms. The number of anilines is 1. The lowest BCUT2D eigenvalue weighted by Crippen LogP contribution is -2.55. The van der Waals surface area contributed by atoms with Gasteiger partial charge in [-0.15, -0.1) is 0 Å². The summed E-state index contributed by atoms with van der Waals surface area (Å²) in [5.41, 5.74) is 5.62. The number of hydrogen-bond donors (Lipinski definition) is 7. The highest BCUT2D eigenvalue weighted by Crippen LogP contribution is 2.44. The van der Waals surface area contributed by atoms with Gasteiger partial charge in [-0.3, -0.25) is 24.0 Å². The lowest BCUT2D eigenvalue weighted by molar-refractivity contribution is -0.134. The number of aliphatic hydroxyl groups excluding tert-OH is 1. The van der Waals surface area contributed by atoms with E-state index < -0.39 is 54.5 Å². The fourth-order valence-electron chi connectivity index (χ4n) is 8.31. The second-order valence-corrected chi connectivity index (χ2v) is 19.6. The van der Waals surface area contributed by atoms with Gasteiger partial charge in [-0.2, -0.15) is 0 Å². The zero-order valence-corrected chi connectivity index (χ0v) is 50.7. The molecule has 0 fully saturated rings. The smallest absolute Gasteiger partial charge is 0.407 e. The Hall–Kier alpha value is -6.24. The second-order valence-electron chi connectivity index (χ2n) is 19.6. The van der Waals surface area contributed by atoms with Crippen molar-refractivity contribution in [2.75, 3.05) is 184 Å². The molecule has 0 saturated carbocycles. The molecule has 3 aromatic rings. The number of aliphatic hydroxyl groups is 1. The van der Waals surface area contributed by atoms with Crippen LogP contribution in [0.5, 0.6) is 0 Å². The Morgan fingerprint density at radius 3 is 1.39 bits per heavy atom. The lowest BCUT2D eigenvalue weighted by Gasteiger charge is -2.22. The minimum atomic E-state index is -1.10. The van der Waals surface area contributed by atoms with Crippen molar-refractivity contribution in [2.45, 2.75) is 63.8 Å². The number of ether oxygens (including phenoxy) is 13. The van der Waals surface area contributed by atoms with Crippen LogP contribution >= 0.6 is 0 Å². The van der Waals surface area contributed by atoms with Crippen LogP contribution < -0.4 is 31.9 Å². The molecule has 87 heavy (non-hydrogen) atoms. The predicted molar refractivity (Wildman–Crippen MR) is 319 cm³/mol. The third-order valence-corrected chi connectivity index (χ3v) is 12.9. The summed E-state index contributed by atoms with van der Waals surface area (Å²) in [7, 11) is 1.63. The van der Waals surface area contributed by atoms with E-state index in [2.05, 4.69) is 44.0 Å². The van der Waals surface area contributed by atoms with Gasteiger partial charge in [0, 0.05) is 31.8 Å². The minimum absolute atomic E-state index is 0.0376. The molecule has 0 heterocycles. The molecule has 0 bridgehead atoms. The van der Waals surface area contributed by atoms with E-state index in [4.69, 9.17) is 61.6 Å². The molecule has 7 N–H and O–H groups in total. The first-order valence-electron chi connectivity index (χ1n) is 29.6. The molecule has 4 rings (SSSR count). The zero-order chi connectivity index (χ0) is 62.4. The summed E-state index contributed by atoms with van der Waals surface area (Å²) in [4.78, 5) is 77.5. The molecule has 0 aromatic heterocycles. The van der Waals surface area contributed by atoms with Crippen LogP contribution in [-0.4, -0.2) is 238 Å². The molecular formula is C61H92N6O20. The Balaban J connectivity index is 1.02. The highest BCUT2D eigenvalue weighted by molar-refractivity contribution is 5.98. The van der Waals surface area contributed by atoms with Gasteiger partial charge in [0.25, 0.3) is 0 Å². The molecule has 1 aliphatic carbocycles. The Morgan fingerprint density at radius 2 is 0.897 bits per heavy atom. The van der Waals surface area contributed by atoms with Crippen LogP contribution in [0.3, 0.4) is 0 Å². The maximum absolute atomic E-state index is 13.6. The lowest BCUT2D eigenvalue weighted by atomic mass is 9.98. The minimum Gasteiger partial charge on any atom is -0.449 e. The molecular weight excluding hydrogens is 1140 g/mol. The first-order chi connectivity index (χ1) is 42.5. The van der Waals surface area contributed by atoms with Crippen molar-refractivity contribution in [3.8, 4) is 11.1 Å². The molecule has 0 spiro atoms. The predicted octanol–water partition coefficient (Wildman–Crippen LogP) is 2.27. The van der Waals surface area contributed by atoms with E-state index in [0.717, 1.165) is 22.3 Å². The van der Waals surface area contributed by atoms with Crippen LogP contribution in [0.15, 0.2) is 72.8 Å². The molecule has 0 unspecified atom stereocenters. The second kappa shape index (κ2) is 46.9. The summed E-state index contributed by atoms with van der Waals surface area (Å²) in [6.45, 7) is 11.0. The van der Waals surface area contributed by atoms with E-state index in [-0.39, 0.29) is 84.2 Å². The van der Waals surface area contributed by atoms with Gasteiger partial charge in [-0.25, -0.2) is 4.79 Å². The van der Waals surface area contributed by atoms with E-state index in [1.807, 2.05) is 36.4 Å². The third kappa shape index (κ3) is 32.5. The number of fused-ring (bicyclic) bond motifs is 3. The normalized spacial score (nSPS) is 12.8.